The van der Waals surface area contributed by atoms with Crippen LogP contribution < -0.4 is 10.2 Å². The number of aromatic nitrogens is 2. The lowest BCUT2D eigenvalue weighted by atomic mass is 10.2. The Kier molecular flexibility index (Phi) is 6.42. The van der Waals surface area contributed by atoms with Crippen molar-refractivity contribution in [3.05, 3.63) is 72.6 Å². The molecule has 0 radical (unpaired) electrons. The van der Waals surface area contributed by atoms with Crippen LogP contribution in [-0.4, -0.2) is 42.5 Å². The number of carbonyl (C=O) groups excluding carboxylic acids is 2. The van der Waals surface area contributed by atoms with Gasteiger partial charge >= 0.3 is 5.97 Å². The lowest BCUT2D eigenvalue weighted by Crippen LogP contribution is -2.24. The second-order valence-corrected chi connectivity index (χ2v) is 8.22. The molecule has 0 unspecified atom stereocenters. The van der Waals surface area contributed by atoms with Gasteiger partial charge in [-0.3, -0.25) is 4.79 Å². The molecule has 2 aromatic carbocycles. The summed E-state index contributed by atoms with van der Waals surface area (Å²) in [6.07, 6.45) is 1.82. The molecule has 0 fully saturated rings. The topological polar surface area (TPSA) is 84.4 Å². The minimum atomic E-state index is -0.445. The molecule has 0 aliphatic rings. The highest BCUT2D eigenvalue weighted by molar-refractivity contribution is 7.21. The predicted molar refractivity (Wildman–Crippen MR) is 127 cm³/mol. The van der Waals surface area contributed by atoms with Crippen LogP contribution >= 0.6 is 11.3 Å². The van der Waals surface area contributed by atoms with Crippen molar-refractivity contribution < 1.29 is 14.3 Å². The largest absolute Gasteiger partial charge is 0.465 e. The molecule has 8 heteroatoms. The lowest BCUT2D eigenvalue weighted by molar-refractivity contribution is -0.116. The van der Waals surface area contributed by atoms with Crippen LogP contribution in [0.5, 0.6) is 0 Å². The fraction of sp³-hybridized carbons (Fsp3) is 0.167. The van der Waals surface area contributed by atoms with Gasteiger partial charge < -0.3 is 15.0 Å². The van der Waals surface area contributed by atoms with Crippen LogP contribution in [0.2, 0.25) is 0 Å². The molecule has 7 nitrogen and oxygen atoms in total. The molecule has 2 aromatic heterocycles. The lowest BCUT2D eigenvalue weighted by Gasteiger charge is -2.18. The standard InChI is InChI=1S/C24H22N4O3S/c1-28(12-11-21(29)27-18-10-6-9-17(13-18)24(30)31-2)22-19-14-20(16-7-4-3-5-8-16)32-23(19)26-15-25-22/h3-10,13-15H,11-12H2,1-2H3,(H,27,29). The average molecular weight is 447 g/mol. The zero-order valence-corrected chi connectivity index (χ0v) is 18.6. The summed E-state index contributed by atoms with van der Waals surface area (Å²) in [5.41, 5.74) is 2.07. The first kappa shape index (κ1) is 21.5. The van der Waals surface area contributed by atoms with Crippen LogP contribution in [0.25, 0.3) is 20.7 Å². The maximum Gasteiger partial charge on any atom is 0.337 e. The van der Waals surface area contributed by atoms with E-state index in [1.807, 2.05) is 30.1 Å². The Bertz CT molecular complexity index is 1260. The Morgan fingerprint density at radius 1 is 1.06 bits per heavy atom. The van der Waals surface area contributed by atoms with Crippen LogP contribution in [-0.2, 0) is 9.53 Å². The molecule has 0 saturated carbocycles. The molecule has 1 amide bonds. The van der Waals surface area contributed by atoms with Gasteiger partial charge in [-0.2, -0.15) is 0 Å². The summed E-state index contributed by atoms with van der Waals surface area (Å²) in [6.45, 7) is 0.477. The second-order valence-electron chi connectivity index (χ2n) is 7.18. The normalized spacial score (nSPS) is 10.7. The number of esters is 1. The van der Waals surface area contributed by atoms with Gasteiger partial charge in [-0.25, -0.2) is 14.8 Å². The van der Waals surface area contributed by atoms with E-state index >= 15 is 0 Å². The first-order valence-corrected chi connectivity index (χ1v) is 10.9. The highest BCUT2D eigenvalue weighted by Gasteiger charge is 2.14. The van der Waals surface area contributed by atoms with Crippen LogP contribution in [0.15, 0.2) is 67.0 Å². The van der Waals surface area contributed by atoms with Gasteiger partial charge in [0.25, 0.3) is 0 Å². The van der Waals surface area contributed by atoms with Gasteiger partial charge in [0.2, 0.25) is 5.91 Å². The minimum Gasteiger partial charge on any atom is -0.465 e. The zero-order valence-electron chi connectivity index (χ0n) is 17.7. The van der Waals surface area contributed by atoms with E-state index in [1.54, 1.807) is 41.9 Å². The van der Waals surface area contributed by atoms with Gasteiger partial charge in [0, 0.05) is 30.6 Å². The van der Waals surface area contributed by atoms with E-state index in [1.165, 1.54) is 7.11 Å². The minimum absolute atomic E-state index is 0.153. The van der Waals surface area contributed by atoms with E-state index in [9.17, 15) is 9.59 Å². The summed E-state index contributed by atoms with van der Waals surface area (Å²) in [7, 11) is 3.23. The summed E-state index contributed by atoms with van der Waals surface area (Å²) < 4.78 is 4.72. The number of rotatable bonds is 7. The van der Waals surface area contributed by atoms with Gasteiger partial charge in [0.1, 0.15) is 17.0 Å². The van der Waals surface area contributed by atoms with Crippen molar-refractivity contribution in [3.63, 3.8) is 0 Å². The number of benzene rings is 2. The average Bonchev–Trinajstić information content (AvgIpc) is 3.27. The van der Waals surface area contributed by atoms with Crippen molar-refractivity contribution >= 4 is 44.9 Å². The SMILES string of the molecule is COC(=O)c1cccc(NC(=O)CCN(C)c2ncnc3sc(-c4ccccc4)cc23)c1. The van der Waals surface area contributed by atoms with Gasteiger partial charge in [0.15, 0.2) is 0 Å². The summed E-state index contributed by atoms with van der Waals surface area (Å²) >= 11 is 1.62. The van der Waals surface area contributed by atoms with E-state index < -0.39 is 5.97 Å². The fourth-order valence-corrected chi connectivity index (χ4v) is 4.33. The van der Waals surface area contributed by atoms with Crippen molar-refractivity contribution in [2.24, 2.45) is 0 Å². The molecule has 32 heavy (non-hydrogen) atoms. The highest BCUT2D eigenvalue weighted by Crippen LogP contribution is 2.35. The van der Waals surface area contributed by atoms with Gasteiger partial charge in [0.05, 0.1) is 18.1 Å². The molecule has 162 valence electrons. The first-order valence-electron chi connectivity index (χ1n) is 10.0. The maximum atomic E-state index is 12.5. The third-order valence-electron chi connectivity index (χ3n) is 4.97. The first-order chi connectivity index (χ1) is 15.5. The summed E-state index contributed by atoms with van der Waals surface area (Å²) in [4.78, 5) is 37.0. The third kappa shape index (κ3) is 4.76. The number of nitrogens with one attached hydrogen (secondary N) is 1. The number of hydrogen-bond donors (Lipinski definition) is 1. The Hall–Kier alpha value is -3.78. The quantitative estimate of drug-likeness (QED) is 0.417. The monoisotopic (exact) mass is 446 g/mol. The van der Waals surface area contributed by atoms with E-state index in [4.69, 9.17) is 4.74 Å². The fourth-order valence-electron chi connectivity index (χ4n) is 3.33. The van der Waals surface area contributed by atoms with Crippen LogP contribution in [0.4, 0.5) is 11.5 Å². The van der Waals surface area contributed by atoms with Crippen LogP contribution in [0.3, 0.4) is 0 Å². The molecule has 0 bridgehead atoms. The van der Waals surface area contributed by atoms with Gasteiger partial charge in [-0.1, -0.05) is 36.4 Å². The van der Waals surface area contributed by atoms with Crippen molar-refractivity contribution in [2.45, 2.75) is 6.42 Å². The smallest absolute Gasteiger partial charge is 0.337 e. The number of thiophene rings is 1. The second kappa shape index (κ2) is 9.57. The molecule has 1 N–H and O–H groups in total. The molecule has 4 aromatic rings. The molecule has 0 aliphatic heterocycles. The maximum absolute atomic E-state index is 12.5. The molecule has 0 spiro atoms. The molecular weight excluding hydrogens is 424 g/mol. The number of methoxy groups -OCH3 is 1. The van der Waals surface area contributed by atoms with Crippen molar-refractivity contribution in [1.82, 2.24) is 9.97 Å². The van der Waals surface area contributed by atoms with Crippen LogP contribution in [0, 0.1) is 0 Å². The van der Waals surface area contributed by atoms with Gasteiger partial charge in [-0.15, -0.1) is 11.3 Å². The van der Waals surface area contributed by atoms with Crippen molar-refractivity contribution in [1.29, 1.82) is 0 Å². The summed E-state index contributed by atoms with van der Waals surface area (Å²) in [5, 5.41) is 3.79. The Balaban J connectivity index is 1.44. The zero-order chi connectivity index (χ0) is 22.5. The Labute approximate surface area is 189 Å². The molecule has 0 saturated heterocycles. The number of ether oxygens (including phenoxy) is 1. The Morgan fingerprint density at radius 3 is 2.66 bits per heavy atom. The molecular formula is C24H22N4O3S. The number of nitrogens with zero attached hydrogens (tertiary/aromatic N) is 3. The number of carbonyl (C=O) groups is 2. The van der Waals surface area contributed by atoms with E-state index in [0.29, 0.717) is 17.8 Å². The van der Waals surface area contributed by atoms with Crippen molar-refractivity contribution in [3.8, 4) is 10.4 Å². The predicted octanol–water partition coefficient (Wildman–Crippen LogP) is 4.61. The molecule has 2 heterocycles. The summed E-state index contributed by atoms with van der Waals surface area (Å²) in [6, 6.07) is 18.9. The molecule has 4 rings (SSSR count). The van der Waals surface area contributed by atoms with Crippen LogP contribution in [0.1, 0.15) is 16.8 Å². The molecule has 0 atom stereocenters. The number of anilines is 2. The van der Waals surface area contributed by atoms with E-state index in [0.717, 1.165) is 26.5 Å². The Morgan fingerprint density at radius 2 is 1.88 bits per heavy atom. The number of fused-ring (bicyclic) bond motifs is 1. The molecule has 0 aliphatic carbocycles. The van der Waals surface area contributed by atoms with Crippen molar-refractivity contribution in [2.75, 3.05) is 30.9 Å². The third-order valence-corrected chi connectivity index (χ3v) is 6.06. The van der Waals surface area contributed by atoms with E-state index in [2.05, 4.69) is 33.5 Å². The summed E-state index contributed by atoms with van der Waals surface area (Å²) in [5.74, 6) is 0.188. The number of amides is 1. The number of hydrogen-bond acceptors (Lipinski definition) is 7. The van der Waals surface area contributed by atoms with E-state index in [-0.39, 0.29) is 12.3 Å². The van der Waals surface area contributed by atoms with Gasteiger partial charge in [-0.05, 0) is 29.8 Å². The highest BCUT2D eigenvalue weighted by atomic mass is 32.1.